The lowest BCUT2D eigenvalue weighted by molar-refractivity contribution is -0.149. The van der Waals surface area contributed by atoms with Crippen LogP contribution in [-0.2, 0) is 33.5 Å². The molecule has 0 saturated carbocycles. The van der Waals surface area contributed by atoms with Crippen LogP contribution in [0.1, 0.15) is 79.6 Å². The van der Waals surface area contributed by atoms with Gasteiger partial charge in [0.05, 0.1) is 25.1 Å². The van der Waals surface area contributed by atoms with Gasteiger partial charge >= 0.3 is 5.97 Å². The average molecular weight is 540 g/mol. The highest BCUT2D eigenvalue weighted by Gasteiger charge is 2.40. The summed E-state index contributed by atoms with van der Waals surface area (Å²) in [6.07, 6.45) is -0.170. The Morgan fingerprint density at radius 3 is 2.18 bits per heavy atom. The number of likely N-dealkylation sites (tertiary alicyclic amines) is 1. The van der Waals surface area contributed by atoms with Crippen LogP contribution in [0.15, 0.2) is 0 Å². The summed E-state index contributed by atoms with van der Waals surface area (Å²) in [4.78, 5) is 76.6. The molecule has 0 aromatic rings. The second-order valence-electron chi connectivity index (χ2n) is 11.0. The van der Waals surface area contributed by atoms with Crippen molar-refractivity contribution in [1.29, 1.82) is 0 Å². The number of nitrogens with two attached hydrogens (primary N) is 1. The molecule has 0 radical (unpaired) electrons. The van der Waals surface area contributed by atoms with Gasteiger partial charge in [0.2, 0.25) is 17.7 Å². The SMILES string of the molecule is COC(=O)[C@@H](CC(=O)[C@@H]1CCCN1C(=O)[C@@H](CC(=O)[C@H](CCC(O)C(N)=O)NC(C)=O)C(C)C)CC(C)C. The zero-order chi connectivity index (χ0) is 29.2. The van der Waals surface area contributed by atoms with Crippen LogP contribution in [0.25, 0.3) is 0 Å². The molecule has 38 heavy (non-hydrogen) atoms. The summed E-state index contributed by atoms with van der Waals surface area (Å²) in [5.74, 6) is -4.13. The molecule has 0 aromatic heterocycles. The van der Waals surface area contributed by atoms with Crippen LogP contribution in [0, 0.1) is 23.7 Å². The van der Waals surface area contributed by atoms with Crippen LogP contribution in [0.2, 0.25) is 0 Å². The lowest BCUT2D eigenvalue weighted by Crippen LogP contribution is -2.47. The number of carbonyl (C=O) groups is 6. The fourth-order valence-corrected chi connectivity index (χ4v) is 4.95. The second-order valence-corrected chi connectivity index (χ2v) is 11.0. The Bertz CT molecular complexity index is 872. The number of aliphatic hydroxyl groups excluding tert-OH is 1. The first-order valence-corrected chi connectivity index (χ1v) is 13.4. The normalized spacial score (nSPS) is 18.6. The number of carbonyl (C=O) groups excluding carboxylic acids is 6. The van der Waals surface area contributed by atoms with Crippen molar-refractivity contribution >= 4 is 35.3 Å². The number of nitrogens with one attached hydrogen (secondary N) is 1. The number of rotatable bonds is 16. The van der Waals surface area contributed by atoms with E-state index in [9.17, 15) is 33.9 Å². The summed E-state index contributed by atoms with van der Waals surface area (Å²) in [6, 6.07) is -1.67. The van der Waals surface area contributed by atoms with E-state index in [0.29, 0.717) is 25.8 Å². The van der Waals surface area contributed by atoms with Crippen molar-refractivity contribution in [3.05, 3.63) is 0 Å². The number of esters is 1. The number of amides is 3. The quantitative estimate of drug-likeness (QED) is 0.245. The molecule has 216 valence electrons. The van der Waals surface area contributed by atoms with Crippen LogP contribution >= 0.6 is 0 Å². The molecule has 0 aliphatic carbocycles. The maximum absolute atomic E-state index is 13.6. The monoisotopic (exact) mass is 539 g/mol. The largest absolute Gasteiger partial charge is 0.469 e. The van der Waals surface area contributed by atoms with E-state index in [1.54, 1.807) is 0 Å². The number of ether oxygens (including phenoxy) is 1. The topological polar surface area (TPSA) is 173 Å². The Morgan fingerprint density at radius 1 is 1.05 bits per heavy atom. The summed E-state index contributed by atoms with van der Waals surface area (Å²) in [5.41, 5.74) is 5.08. The van der Waals surface area contributed by atoms with Crippen molar-refractivity contribution in [3.63, 3.8) is 0 Å². The molecule has 1 aliphatic heterocycles. The first-order valence-electron chi connectivity index (χ1n) is 13.4. The third kappa shape index (κ3) is 10.2. The molecule has 5 atom stereocenters. The summed E-state index contributed by atoms with van der Waals surface area (Å²) < 4.78 is 4.88. The smallest absolute Gasteiger partial charge is 0.309 e. The Kier molecular flexibility index (Phi) is 13.6. The van der Waals surface area contributed by atoms with Gasteiger partial charge in [0.1, 0.15) is 6.10 Å². The average Bonchev–Trinajstić information content (AvgIpc) is 3.32. The summed E-state index contributed by atoms with van der Waals surface area (Å²) in [5, 5.41) is 12.2. The number of nitrogens with zero attached hydrogens (tertiary/aromatic N) is 1. The lowest BCUT2D eigenvalue weighted by Gasteiger charge is -2.31. The standard InChI is InChI=1S/C27H45N3O8/c1-15(2)12-18(27(37)38-6)13-24(34)21-8-7-11-30(21)26(36)19(16(3)4)14-23(33)20(29-17(5)31)9-10-22(32)25(28)35/h15-16,18-22,32H,7-14H2,1-6H3,(H2,28,35)(H,29,31)/t18-,19+,20+,21+,22?/m1/s1. The molecule has 0 aromatic carbocycles. The molecular weight excluding hydrogens is 494 g/mol. The van der Waals surface area contributed by atoms with Crippen molar-refractivity contribution in [2.75, 3.05) is 13.7 Å². The maximum Gasteiger partial charge on any atom is 0.309 e. The maximum atomic E-state index is 13.6. The molecule has 1 aliphatic rings. The van der Waals surface area contributed by atoms with E-state index < -0.39 is 53.6 Å². The molecule has 1 unspecified atom stereocenters. The first-order chi connectivity index (χ1) is 17.7. The zero-order valence-corrected chi connectivity index (χ0v) is 23.5. The Hall–Kier alpha value is -2.82. The van der Waals surface area contributed by atoms with Gasteiger partial charge in [-0.2, -0.15) is 0 Å². The van der Waals surface area contributed by atoms with Crippen LogP contribution in [0.5, 0.6) is 0 Å². The Labute approximate surface area is 225 Å². The van der Waals surface area contributed by atoms with Crippen molar-refractivity contribution in [1.82, 2.24) is 10.2 Å². The van der Waals surface area contributed by atoms with Gasteiger partial charge in [-0.25, -0.2) is 0 Å². The highest BCUT2D eigenvalue weighted by Crippen LogP contribution is 2.29. The molecular formula is C27H45N3O8. The van der Waals surface area contributed by atoms with Crippen molar-refractivity contribution in [2.24, 2.45) is 29.4 Å². The molecule has 0 spiro atoms. The van der Waals surface area contributed by atoms with E-state index in [2.05, 4.69) is 5.32 Å². The Balaban J connectivity index is 3.03. The predicted octanol–water partition coefficient (Wildman–Crippen LogP) is 1.13. The third-order valence-electron chi connectivity index (χ3n) is 7.01. The van der Waals surface area contributed by atoms with Gasteiger partial charge < -0.3 is 25.8 Å². The van der Waals surface area contributed by atoms with Crippen LogP contribution in [0.3, 0.4) is 0 Å². The van der Waals surface area contributed by atoms with Crippen LogP contribution in [-0.4, -0.2) is 77.1 Å². The molecule has 1 heterocycles. The van der Waals surface area contributed by atoms with Crippen molar-refractivity contribution in [2.45, 2.75) is 97.8 Å². The van der Waals surface area contributed by atoms with Crippen molar-refractivity contribution < 1.29 is 38.6 Å². The molecule has 11 heteroatoms. The molecule has 4 N–H and O–H groups in total. The zero-order valence-electron chi connectivity index (χ0n) is 23.5. The van der Waals surface area contributed by atoms with E-state index in [1.807, 2.05) is 27.7 Å². The van der Waals surface area contributed by atoms with E-state index >= 15 is 0 Å². The highest BCUT2D eigenvalue weighted by molar-refractivity contribution is 5.95. The number of Topliss-reactive ketones (excluding diaryl/α,β-unsaturated/α-hetero) is 2. The van der Waals surface area contributed by atoms with Crippen LogP contribution in [0.4, 0.5) is 0 Å². The number of hydrogen-bond donors (Lipinski definition) is 3. The first kappa shape index (κ1) is 33.2. The number of hydrogen-bond acceptors (Lipinski definition) is 8. The minimum Gasteiger partial charge on any atom is -0.469 e. The fourth-order valence-electron chi connectivity index (χ4n) is 4.95. The highest BCUT2D eigenvalue weighted by atomic mass is 16.5. The van der Waals surface area contributed by atoms with Gasteiger partial charge in [-0.15, -0.1) is 0 Å². The molecule has 0 bridgehead atoms. The number of primary amides is 1. The number of aliphatic hydroxyl groups is 1. The summed E-state index contributed by atoms with van der Waals surface area (Å²) in [7, 11) is 1.29. The third-order valence-corrected chi connectivity index (χ3v) is 7.01. The lowest BCUT2D eigenvalue weighted by atomic mass is 9.86. The van der Waals surface area contributed by atoms with Gasteiger partial charge in [0.15, 0.2) is 11.6 Å². The Morgan fingerprint density at radius 2 is 1.68 bits per heavy atom. The number of methoxy groups -OCH3 is 1. The molecule has 1 rings (SSSR count). The van der Waals surface area contributed by atoms with E-state index in [4.69, 9.17) is 10.5 Å². The van der Waals surface area contributed by atoms with Crippen LogP contribution < -0.4 is 11.1 Å². The van der Waals surface area contributed by atoms with Gasteiger partial charge in [-0.3, -0.25) is 28.8 Å². The fraction of sp³-hybridized carbons (Fsp3) is 0.778. The number of ketones is 2. The molecule has 11 nitrogen and oxygen atoms in total. The van der Waals surface area contributed by atoms with Gasteiger partial charge in [0, 0.05) is 32.2 Å². The molecule has 1 saturated heterocycles. The molecule has 1 fully saturated rings. The second kappa shape index (κ2) is 15.6. The van der Waals surface area contributed by atoms with E-state index in [0.717, 1.165) is 0 Å². The minimum atomic E-state index is -1.46. The summed E-state index contributed by atoms with van der Waals surface area (Å²) in [6.45, 7) is 9.15. The minimum absolute atomic E-state index is 0.0165. The predicted molar refractivity (Wildman–Crippen MR) is 139 cm³/mol. The van der Waals surface area contributed by atoms with Gasteiger partial charge in [0.25, 0.3) is 0 Å². The molecule has 3 amide bonds. The van der Waals surface area contributed by atoms with E-state index in [1.165, 1.54) is 18.9 Å². The summed E-state index contributed by atoms with van der Waals surface area (Å²) >= 11 is 0. The van der Waals surface area contributed by atoms with Gasteiger partial charge in [-0.05, 0) is 43.9 Å². The van der Waals surface area contributed by atoms with Crippen molar-refractivity contribution in [3.8, 4) is 0 Å². The van der Waals surface area contributed by atoms with Gasteiger partial charge in [-0.1, -0.05) is 27.7 Å². The van der Waals surface area contributed by atoms with E-state index in [-0.39, 0.29) is 49.2 Å².